The molecule has 0 aliphatic heterocycles. The SMILES string of the molecule is Cc1cc(NS(=O)(=O)c2ccc(C(C)(C)C)cc2)n(-c2ccnc3ccccc23)n1.Cc1cc(NS(=O)(=O)c2ccc(C(C)(C)C)cc2)n(-c2cncc3ccccc23)n1.Cc1cc(NS(=O)(=O)c2ccc(C(C)(C)C)cc2)n(-c2nncc3ccccc23)n1.Cc1cc(NS(=O)(=O)c2ccc(C(C)C)cc2)n(-c2cccc3cnccc23)n1. The summed E-state index contributed by atoms with van der Waals surface area (Å²) in [4.78, 5) is 13.6. The van der Waals surface area contributed by atoms with Crippen LogP contribution in [0.1, 0.15) is 127 Å². The summed E-state index contributed by atoms with van der Waals surface area (Å²) in [6.45, 7) is 30.2. The van der Waals surface area contributed by atoms with Crippen molar-refractivity contribution in [2.24, 2.45) is 0 Å². The summed E-state index contributed by atoms with van der Waals surface area (Å²) < 4.78 is 121. The molecule has 0 radical (unpaired) electrons. The van der Waals surface area contributed by atoms with E-state index < -0.39 is 40.1 Å². The maximum Gasteiger partial charge on any atom is 0.263 e. The second kappa shape index (κ2) is 33.6. The van der Waals surface area contributed by atoms with E-state index in [0.29, 0.717) is 63.5 Å². The largest absolute Gasteiger partial charge is 0.264 e. The fourth-order valence-corrected chi connectivity index (χ4v) is 17.3. The summed E-state index contributed by atoms with van der Waals surface area (Å²) in [7, 11) is -15.1. The van der Waals surface area contributed by atoms with E-state index in [0.717, 1.165) is 76.8 Å². The number of anilines is 4. The van der Waals surface area contributed by atoms with Gasteiger partial charge < -0.3 is 0 Å². The molecule has 0 spiro atoms. The average Bonchev–Trinajstić information content (AvgIpc) is 1.67. The number of para-hydroxylation sites is 1. The topological polar surface area (TPSA) is 320 Å². The number of nitrogens with one attached hydrogen (secondary N) is 4. The summed E-state index contributed by atoms with van der Waals surface area (Å²) in [5, 5.41) is 32.6. The van der Waals surface area contributed by atoms with Crippen LogP contribution in [0.2, 0.25) is 0 Å². The predicted molar refractivity (Wildman–Crippen MR) is 471 cm³/mol. The van der Waals surface area contributed by atoms with Gasteiger partial charge in [0.05, 0.1) is 77.3 Å². The van der Waals surface area contributed by atoms with E-state index in [4.69, 9.17) is 0 Å². The molecule has 610 valence electrons. The summed E-state index contributed by atoms with van der Waals surface area (Å²) >= 11 is 0. The van der Waals surface area contributed by atoms with Gasteiger partial charge in [-0.3, -0.25) is 33.8 Å². The molecule has 0 aliphatic rings. The smallest absolute Gasteiger partial charge is 0.263 e. The minimum Gasteiger partial charge on any atom is -0.264 e. The third-order valence-electron chi connectivity index (χ3n) is 19.6. The number of sulfonamides is 4. The van der Waals surface area contributed by atoms with Gasteiger partial charge in [-0.2, -0.15) is 30.2 Å². The summed E-state index contributed by atoms with van der Waals surface area (Å²) in [5.74, 6) is 2.23. The van der Waals surface area contributed by atoms with E-state index in [2.05, 4.69) is 141 Å². The van der Waals surface area contributed by atoms with Crippen molar-refractivity contribution in [3.8, 4) is 22.9 Å². The maximum absolute atomic E-state index is 13.1. The van der Waals surface area contributed by atoms with Crippen LogP contribution in [0.3, 0.4) is 0 Å². The van der Waals surface area contributed by atoms with Crippen LogP contribution in [0.15, 0.2) is 281 Å². The number of hydrogen-bond donors (Lipinski definition) is 4. The Morgan fingerprint density at radius 1 is 0.328 bits per heavy atom. The fraction of sp³-hybridized carbons (Fsp3) is 0.211. The van der Waals surface area contributed by atoms with Crippen molar-refractivity contribution in [1.82, 2.24) is 64.3 Å². The van der Waals surface area contributed by atoms with Crippen molar-refractivity contribution in [2.75, 3.05) is 18.9 Å². The maximum atomic E-state index is 13.1. The van der Waals surface area contributed by atoms with Crippen molar-refractivity contribution < 1.29 is 33.7 Å². The molecule has 29 heteroatoms. The molecule has 8 aromatic heterocycles. The van der Waals surface area contributed by atoms with Gasteiger partial charge in [0.2, 0.25) is 0 Å². The molecule has 25 nitrogen and oxygen atoms in total. The third-order valence-corrected chi connectivity index (χ3v) is 25.1. The first-order valence-electron chi connectivity index (χ1n) is 38.3. The minimum absolute atomic E-state index is 0.0478. The number of aryl methyl sites for hydroxylation is 4. The highest BCUT2D eigenvalue weighted by Gasteiger charge is 2.27. The van der Waals surface area contributed by atoms with Crippen LogP contribution in [0, 0.1) is 27.7 Å². The zero-order valence-corrected chi connectivity index (χ0v) is 71.9. The van der Waals surface area contributed by atoms with Gasteiger partial charge in [0, 0.05) is 86.8 Å². The van der Waals surface area contributed by atoms with Crippen molar-refractivity contribution in [1.29, 1.82) is 0 Å². The first-order chi connectivity index (χ1) is 56.3. The molecule has 0 amide bonds. The predicted octanol–water partition coefficient (Wildman–Crippen LogP) is 18.5. The molecule has 8 aromatic carbocycles. The van der Waals surface area contributed by atoms with Gasteiger partial charge >= 0.3 is 0 Å². The Morgan fingerprint density at radius 2 is 0.681 bits per heavy atom. The van der Waals surface area contributed by atoms with E-state index in [1.54, 1.807) is 131 Å². The van der Waals surface area contributed by atoms with Crippen molar-refractivity contribution >= 4 is 107 Å². The third kappa shape index (κ3) is 19.2. The first kappa shape index (κ1) is 84.1. The fourth-order valence-electron chi connectivity index (χ4n) is 13.2. The van der Waals surface area contributed by atoms with Crippen LogP contribution >= 0.6 is 0 Å². The summed E-state index contributed by atoms with van der Waals surface area (Å²) in [6.07, 6.45) is 10.3. The van der Waals surface area contributed by atoms with E-state index in [1.165, 1.54) is 4.68 Å². The quantitative estimate of drug-likeness (QED) is 0.0658. The molecule has 0 saturated heterocycles. The van der Waals surface area contributed by atoms with E-state index in [-0.39, 0.29) is 35.8 Å². The molecule has 0 aliphatic carbocycles. The van der Waals surface area contributed by atoms with Gasteiger partial charge in [-0.15, -0.1) is 5.10 Å². The standard InChI is InChI=1S/2C23H24N4O2S.C22H23N5O2S.C22H22N4O2S/c1-16-13-22(26-30(28,29)19-11-9-18(10-12-19)23(2,3)4)27(25-16)21-15-24-14-17-7-5-6-8-20(17)21;1-16-15-22(26-30(28,29)18-11-9-17(10-12-18)23(2,3)4)27(25-16)21-13-14-24-20-8-6-5-7-19(20)21;1-15-13-20(26-30(28,29)18-11-9-17(10-12-18)22(2,3)4)27(25-15)21-19-8-6-5-7-16(19)14-23-24-21;1-15(2)17-7-9-19(10-8-17)29(27,28)25-22-13-16(3)24-26(22)21-6-4-5-18-14-23-12-11-20(18)21/h2*5-15,26H,1-4H3;5-14,26H,1-4H3;4-15,25H,1-3H3. The number of fused-ring (bicyclic) bond motifs is 4. The number of rotatable bonds is 17. The Labute approximate surface area is 693 Å². The van der Waals surface area contributed by atoms with Crippen molar-refractivity contribution in [3.05, 3.63) is 307 Å². The first-order valence-corrected chi connectivity index (χ1v) is 44.2. The van der Waals surface area contributed by atoms with Crippen LogP contribution < -0.4 is 18.9 Å². The van der Waals surface area contributed by atoms with Gasteiger partial charge in [0.25, 0.3) is 40.1 Å². The second-order valence-corrected chi connectivity index (χ2v) is 38.9. The van der Waals surface area contributed by atoms with E-state index in [1.807, 2.05) is 172 Å². The molecule has 16 aromatic rings. The van der Waals surface area contributed by atoms with Gasteiger partial charge in [0.15, 0.2) is 5.82 Å². The molecule has 0 atom stereocenters. The molecule has 0 fully saturated rings. The lowest BCUT2D eigenvalue weighted by atomic mass is 9.87. The van der Waals surface area contributed by atoms with Gasteiger partial charge in [-0.1, -0.05) is 204 Å². The zero-order chi connectivity index (χ0) is 85.2. The van der Waals surface area contributed by atoms with Crippen LogP contribution in [0.5, 0.6) is 0 Å². The van der Waals surface area contributed by atoms with Crippen LogP contribution in [0.25, 0.3) is 66.1 Å². The van der Waals surface area contributed by atoms with Gasteiger partial charge in [-0.25, -0.2) is 47.7 Å². The Balaban J connectivity index is 0.000000137. The van der Waals surface area contributed by atoms with Crippen LogP contribution in [0.4, 0.5) is 23.3 Å². The Bertz CT molecular complexity index is 6370. The molecule has 8 heterocycles. The van der Waals surface area contributed by atoms with Gasteiger partial charge in [0.1, 0.15) is 23.3 Å². The van der Waals surface area contributed by atoms with Crippen LogP contribution in [-0.4, -0.2) is 97.9 Å². The average molecular weight is 1670 g/mol. The Hall–Kier alpha value is -12.8. The molecule has 4 N–H and O–H groups in total. The molecule has 16 rings (SSSR count). The molecular formula is C90H93N17O8S4. The van der Waals surface area contributed by atoms with E-state index >= 15 is 0 Å². The Morgan fingerprint density at radius 3 is 1.13 bits per heavy atom. The minimum atomic E-state index is -3.81. The lowest BCUT2D eigenvalue weighted by Crippen LogP contribution is -2.17. The number of nitrogens with zero attached hydrogens (tertiary/aromatic N) is 13. The van der Waals surface area contributed by atoms with Crippen LogP contribution in [-0.2, 0) is 56.3 Å². The number of hydrogen-bond acceptors (Lipinski definition) is 17. The highest BCUT2D eigenvalue weighted by Crippen LogP contribution is 2.34. The van der Waals surface area contributed by atoms with Gasteiger partial charge in [-0.05, 0) is 145 Å². The zero-order valence-electron chi connectivity index (χ0n) is 68.6. The molecule has 119 heavy (non-hydrogen) atoms. The summed E-state index contributed by atoms with van der Waals surface area (Å²) in [5.41, 5.74) is 9.99. The number of benzene rings is 8. The number of aromatic nitrogens is 13. The molecule has 0 unspecified atom stereocenters. The molecular weight excluding hydrogens is 1580 g/mol. The van der Waals surface area contributed by atoms with Crippen molar-refractivity contribution in [2.45, 2.75) is 146 Å². The van der Waals surface area contributed by atoms with E-state index in [9.17, 15) is 33.7 Å². The highest BCUT2D eigenvalue weighted by atomic mass is 32.2. The monoisotopic (exact) mass is 1670 g/mol. The lowest BCUT2D eigenvalue weighted by Gasteiger charge is -2.19. The molecule has 0 bridgehead atoms. The molecule has 0 saturated carbocycles. The summed E-state index contributed by atoms with van der Waals surface area (Å²) in [6, 6.07) is 67.3. The lowest BCUT2D eigenvalue weighted by molar-refractivity contribution is 0.587. The number of pyridine rings is 3. The Kier molecular flexibility index (Phi) is 23.8. The van der Waals surface area contributed by atoms with Crippen molar-refractivity contribution in [3.63, 3.8) is 0 Å². The normalized spacial score (nSPS) is 12.2. The second-order valence-electron chi connectivity index (χ2n) is 32.2. The highest BCUT2D eigenvalue weighted by molar-refractivity contribution is 7.93.